The summed E-state index contributed by atoms with van der Waals surface area (Å²) in [6.45, 7) is 6.45. The van der Waals surface area contributed by atoms with Crippen molar-refractivity contribution in [3.05, 3.63) is 12.4 Å². The summed E-state index contributed by atoms with van der Waals surface area (Å²) in [6, 6.07) is 0.345. The van der Waals surface area contributed by atoms with Crippen molar-refractivity contribution in [1.82, 2.24) is 19.8 Å². The molecule has 1 fully saturated rings. The topological polar surface area (TPSA) is 78.1 Å². The fraction of sp³-hybridized carbons (Fsp3) is 0.769. The number of nitrogens with zero attached hydrogens (tertiary/aromatic N) is 2. The number of sulfonamides is 1. The van der Waals surface area contributed by atoms with E-state index in [-0.39, 0.29) is 4.90 Å². The van der Waals surface area contributed by atoms with E-state index in [0.29, 0.717) is 25.0 Å². The molecule has 2 unspecified atom stereocenters. The van der Waals surface area contributed by atoms with Crippen molar-refractivity contribution < 1.29 is 8.42 Å². The molecule has 0 amide bonds. The second kappa shape index (κ2) is 6.69. The molecule has 20 heavy (non-hydrogen) atoms. The van der Waals surface area contributed by atoms with E-state index in [1.54, 1.807) is 4.31 Å². The Morgan fingerprint density at radius 2 is 2.40 bits per heavy atom. The molecule has 7 heteroatoms. The number of hydrogen-bond donors (Lipinski definition) is 2. The van der Waals surface area contributed by atoms with Gasteiger partial charge in [-0.25, -0.2) is 8.42 Å². The fourth-order valence-electron chi connectivity index (χ4n) is 2.67. The Morgan fingerprint density at radius 1 is 1.60 bits per heavy atom. The number of hydrogen-bond acceptors (Lipinski definition) is 4. The van der Waals surface area contributed by atoms with Crippen molar-refractivity contribution in [2.45, 2.75) is 44.0 Å². The van der Waals surface area contributed by atoms with Crippen LogP contribution in [0.3, 0.4) is 0 Å². The SMILES string of the molecule is CCCNC(C)C1CCCN(S(=O)(=O)c2cn[nH]c2)C1. The summed E-state index contributed by atoms with van der Waals surface area (Å²) in [5, 5.41) is 9.77. The van der Waals surface area contributed by atoms with E-state index in [1.807, 2.05) is 0 Å². The summed E-state index contributed by atoms with van der Waals surface area (Å²) in [5.74, 6) is 0.372. The van der Waals surface area contributed by atoms with Gasteiger partial charge in [0.25, 0.3) is 0 Å². The normalized spacial score (nSPS) is 22.8. The zero-order chi connectivity index (χ0) is 14.6. The number of nitrogens with one attached hydrogen (secondary N) is 2. The van der Waals surface area contributed by atoms with Gasteiger partial charge >= 0.3 is 0 Å². The van der Waals surface area contributed by atoms with E-state index in [4.69, 9.17) is 0 Å². The van der Waals surface area contributed by atoms with Crippen LogP contribution in [0.4, 0.5) is 0 Å². The molecule has 0 aromatic carbocycles. The highest BCUT2D eigenvalue weighted by Gasteiger charge is 2.32. The highest BCUT2D eigenvalue weighted by atomic mass is 32.2. The molecule has 2 rings (SSSR count). The number of piperidine rings is 1. The lowest BCUT2D eigenvalue weighted by Crippen LogP contribution is -2.46. The summed E-state index contributed by atoms with van der Waals surface area (Å²) in [6.07, 6.45) is 5.90. The third-order valence-electron chi connectivity index (χ3n) is 3.95. The van der Waals surface area contributed by atoms with Gasteiger partial charge in [-0.05, 0) is 38.6 Å². The summed E-state index contributed by atoms with van der Waals surface area (Å²) < 4.78 is 26.5. The lowest BCUT2D eigenvalue weighted by Gasteiger charge is -2.35. The lowest BCUT2D eigenvalue weighted by atomic mass is 9.93. The Bertz CT molecular complexity index is 500. The standard InChI is InChI=1S/C13H24N4O2S/c1-3-6-14-11(2)12-5-4-7-17(10-12)20(18,19)13-8-15-16-9-13/h8-9,11-12,14H,3-7,10H2,1-2H3,(H,15,16). The Hall–Kier alpha value is -0.920. The average Bonchev–Trinajstić information content (AvgIpc) is 2.99. The maximum atomic E-state index is 12.5. The first-order chi connectivity index (χ1) is 9.55. The highest BCUT2D eigenvalue weighted by Crippen LogP contribution is 2.25. The van der Waals surface area contributed by atoms with Crippen LogP contribution in [-0.4, -0.2) is 48.6 Å². The van der Waals surface area contributed by atoms with Gasteiger partial charge in [0.1, 0.15) is 4.90 Å². The molecule has 0 bridgehead atoms. The molecule has 1 aromatic heterocycles. The van der Waals surface area contributed by atoms with Gasteiger partial charge < -0.3 is 5.32 Å². The van der Waals surface area contributed by atoms with Crippen LogP contribution in [0.25, 0.3) is 0 Å². The minimum atomic E-state index is -3.39. The first-order valence-corrected chi connectivity index (χ1v) is 8.72. The monoisotopic (exact) mass is 300 g/mol. The van der Waals surface area contributed by atoms with Gasteiger partial charge in [0.15, 0.2) is 0 Å². The summed E-state index contributed by atoms with van der Waals surface area (Å²) >= 11 is 0. The molecule has 114 valence electrons. The highest BCUT2D eigenvalue weighted by molar-refractivity contribution is 7.89. The molecule has 0 saturated carbocycles. The molecule has 2 atom stereocenters. The predicted octanol–water partition coefficient (Wildman–Crippen LogP) is 1.20. The van der Waals surface area contributed by atoms with Gasteiger partial charge in [0.2, 0.25) is 10.0 Å². The molecule has 0 aliphatic carbocycles. The number of rotatable bonds is 6. The van der Waals surface area contributed by atoms with E-state index in [1.165, 1.54) is 12.4 Å². The number of aromatic nitrogens is 2. The van der Waals surface area contributed by atoms with Gasteiger partial charge in [-0.2, -0.15) is 9.40 Å². The largest absolute Gasteiger partial charge is 0.314 e. The molecule has 1 aromatic rings. The summed E-state index contributed by atoms with van der Waals surface area (Å²) in [7, 11) is -3.39. The van der Waals surface area contributed by atoms with E-state index < -0.39 is 10.0 Å². The van der Waals surface area contributed by atoms with Gasteiger partial charge in [-0.3, -0.25) is 5.10 Å². The fourth-order valence-corrected chi connectivity index (χ4v) is 4.11. The number of H-pyrrole nitrogens is 1. The Morgan fingerprint density at radius 3 is 3.05 bits per heavy atom. The second-order valence-electron chi connectivity index (χ2n) is 5.44. The van der Waals surface area contributed by atoms with Crippen molar-refractivity contribution in [3.8, 4) is 0 Å². The van der Waals surface area contributed by atoms with Gasteiger partial charge in [-0.15, -0.1) is 0 Å². The van der Waals surface area contributed by atoms with Crippen LogP contribution >= 0.6 is 0 Å². The van der Waals surface area contributed by atoms with Crippen LogP contribution in [0, 0.1) is 5.92 Å². The van der Waals surface area contributed by atoms with E-state index >= 15 is 0 Å². The Kier molecular flexibility index (Phi) is 5.17. The molecule has 1 aliphatic rings. The molecule has 1 saturated heterocycles. The van der Waals surface area contributed by atoms with Crippen LogP contribution < -0.4 is 5.32 Å². The smallest absolute Gasteiger partial charge is 0.246 e. The minimum absolute atomic E-state index is 0.257. The van der Waals surface area contributed by atoms with Crippen LogP contribution in [0.2, 0.25) is 0 Å². The molecular weight excluding hydrogens is 276 g/mol. The molecule has 0 spiro atoms. The van der Waals surface area contributed by atoms with Gasteiger partial charge in [0.05, 0.1) is 6.20 Å². The van der Waals surface area contributed by atoms with Crippen molar-refractivity contribution in [3.63, 3.8) is 0 Å². The molecule has 0 radical (unpaired) electrons. The van der Waals surface area contributed by atoms with Crippen LogP contribution in [0.1, 0.15) is 33.1 Å². The van der Waals surface area contributed by atoms with Crippen molar-refractivity contribution in [2.75, 3.05) is 19.6 Å². The molecule has 6 nitrogen and oxygen atoms in total. The van der Waals surface area contributed by atoms with Crippen molar-refractivity contribution in [2.24, 2.45) is 5.92 Å². The number of aromatic amines is 1. The predicted molar refractivity (Wildman–Crippen MR) is 77.8 cm³/mol. The molecule has 2 heterocycles. The zero-order valence-corrected chi connectivity index (χ0v) is 13.0. The first-order valence-electron chi connectivity index (χ1n) is 7.28. The van der Waals surface area contributed by atoms with Crippen molar-refractivity contribution in [1.29, 1.82) is 0 Å². The maximum absolute atomic E-state index is 12.5. The zero-order valence-electron chi connectivity index (χ0n) is 12.2. The van der Waals surface area contributed by atoms with E-state index in [2.05, 4.69) is 29.4 Å². The Balaban J connectivity index is 2.03. The van der Waals surface area contributed by atoms with Crippen LogP contribution in [0.15, 0.2) is 17.3 Å². The first kappa shape index (κ1) is 15.5. The van der Waals surface area contributed by atoms with Crippen molar-refractivity contribution >= 4 is 10.0 Å². The average molecular weight is 300 g/mol. The molecule has 2 N–H and O–H groups in total. The van der Waals surface area contributed by atoms with Gasteiger partial charge in [-0.1, -0.05) is 6.92 Å². The van der Waals surface area contributed by atoms with E-state index in [0.717, 1.165) is 25.8 Å². The maximum Gasteiger partial charge on any atom is 0.246 e. The molecular formula is C13H24N4O2S. The Labute approximate surface area is 121 Å². The van der Waals surface area contributed by atoms with Crippen LogP contribution in [0.5, 0.6) is 0 Å². The third-order valence-corrected chi connectivity index (χ3v) is 5.79. The quantitative estimate of drug-likeness (QED) is 0.827. The summed E-state index contributed by atoms with van der Waals surface area (Å²) in [4.78, 5) is 0.257. The van der Waals surface area contributed by atoms with E-state index in [9.17, 15) is 8.42 Å². The van der Waals surface area contributed by atoms with Crippen LogP contribution in [-0.2, 0) is 10.0 Å². The minimum Gasteiger partial charge on any atom is -0.314 e. The lowest BCUT2D eigenvalue weighted by molar-refractivity contribution is 0.224. The second-order valence-corrected chi connectivity index (χ2v) is 7.38. The third kappa shape index (κ3) is 3.39. The molecule has 1 aliphatic heterocycles. The van der Waals surface area contributed by atoms with Gasteiger partial charge in [0, 0.05) is 25.3 Å². The summed E-state index contributed by atoms with van der Waals surface area (Å²) in [5.41, 5.74) is 0.